The molecule has 0 radical (unpaired) electrons. The summed E-state index contributed by atoms with van der Waals surface area (Å²) in [5.41, 5.74) is 7.32. The molecule has 0 aliphatic rings. The second-order valence-corrected chi connectivity index (χ2v) is 5.20. The first kappa shape index (κ1) is 11.7. The summed E-state index contributed by atoms with van der Waals surface area (Å²) in [6.07, 6.45) is 0. The molecule has 0 aliphatic heterocycles. The van der Waals surface area contributed by atoms with E-state index in [1.165, 1.54) is 23.5 Å². The van der Waals surface area contributed by atoms with Gasteiger partial charge in [0, 0.05) is 21.5 Å². The number of hydrogen-bond acceptors (Lipinski definition) is 3. The van der Waals surface area contributed by atoms with Crippen molar-refractivity contribution in [3.05, 3.63) is 39.6 Å². The van der Waals surface area contributed by atoms with Gasteiger partial charge in [0.05, 0.1) is 5.69 Å². The van der Waals surface area contributed by atoms with Crippen LogP contribution in [0, 0.1) is 5.82 Å². The van der Waals surface area contributed by atoms with Gasteiger partial charge in [-0.3, -0.25) is 0 Å². The molecular weight excluding hydrogens is 291 g/mol. The average molecular weight is 301 g/mol. The van der Waals surface area contributed by atoms with E-state index in [0.717, 1.165) is 20.7 Å². The van der Waals surface area contributed by atoms with Gasteiger partial charge in [0.2, 0.25) is 0 Å². The molecule has 2 nitrogen and oxygen atoms in total. The van der Waals surface area contributed by atoms with Gasteiger partial charge in [0.25, 0.3) is 0 Å². The molecule has 1 heterocycles. The number of thiazole rings is 1. The summed E-state index contributed by atoms with van der Waals surface area (Å²) >= 11 is 4.85. The smallest absolute Gasteiger partial charge is 0.124 e. The summed E-state index contributed by atoms with van der Waals surface area (Å²) < 4.78 is 14.0. The Bertz CT molecular complexity index is 510. The van der Waals surface area contributed by atoms with Crippen molar-refractivity contribution in [1.82, 2.24) is 4.98 Å². The molecule has 0 amide bonds. The lowest BCUT2D eigenvalue weighted by Gasteiger charge is -2.01. The number of rotatable bonds is 2. The van der Waals surface area contributed by atoms with Gasteiger partial charge >= 0.3 is 0 Å². The van der Waals surface area contributed by atoms with E-state index in [2.05, 4.69) is 20.9 Å². The largest absolute Gasteiger partial charge is 0.323 e. The Morgan fingerprint density at radius 2 is 2.25 bits per heavy atom. The quantitative estimate of drug-likeness (QED) is 0.918. The molecule has 0 bridgehead atoms. The Kier molecular flexibility index (Phi) is 3.37. The molecule has 0 fully saturated rings. The maximum Gasteiger partial charge on any atom is 0.124 e. The monoisotopic (exact) mass is 300 g/mol. The summed E-state index contributed by atoms with van der Waals surface area (Å²) in [6.45, 7) is 1.87. The number of nitrogens with zero attached hydrogens (tertiary/aromatic N) is 1. The predicted octanol–water partition coefficient (Wildman–Crippen LogP) is 3.73. The highest BCUT2D eigenvalue weighted by atomic mass is 79.9. The first-order valence-corrected chi connectivity index (χ1v) is 6.41. The first-order valence-electron chi connectivity index (χ1n) is 4.74. The van der Waals surface area contributed by atoms with Crippen LogP contribution in [0.25, 0.3) is 10.6 Å². The van der Waals surface area contributed by atoms with Gasteiger partial charge < -0.3 is 5.73 Å². The van der Waals surface area contributed by atoms with Gasteiger partial charge in [-0.25, -0.2) is 9.37 Å². The predicted molar refractivity (Wildman–Crippen MR) is 67.8 cm³/mol. The number of halogens is 2. The average Bonchev–Trinajstić information content (AvgIpc) is 2.70. The van der Waals surface area contributed by atoms with E-state index >= 15 is 0 Å². The molecule has 0 saturated heterocycles. The van der Waals surface area contributed by atoms with Crippen LogP contribution in [-0.2, 0) is 0 Å². The van der Waals surface area contributed by atoms with E-state index in [-0.39, 0.29) is 11.9 Å². The topological polar surface area (TPSA) is 38.9 Å². The molecular formula is C11H10BrFN2S. The first-order chi connectivity index (χ1) is 7.58. The Hall–Kier alpha value is -0.780. The summed E-state index contributed by atoms with van der Waals surface area (Å²) in [5.74, 6) is -0.268. The van der Waals surface area contributed by atoms with Crippen LogP contribution < -0.4 is 5.73 Å². The van der Waals surface area contributed by atoms with Crippen molar-refractivity contribution in [2.75, 3.05) is 0 Å². The van der Waals surface area contributed by atoms with Crippen molar-refractivity contribution in [1.29, 1.82) is 0 Å². The SMILES string of the molecule is CC(N)c1csc(-c2cc(F)ccc2Br)n1. The third kappa shape index (κ3) is 2.31. The highest BCUT2D eigenvalue weighted by Crippen LogP contribution is 2.32. The van der Waals surface area contributed by atoms with E-state index in [1.54, 1.807) is 6.07 Å². The molecule has 84 valence electrons. The molecule has 2 aromatic rings. The molecule has 0 aliphatic carbocycles. The lowest BCUT2D eigenvalue weighted by Crippen LogP contribution is -2.04. The van der Waals surface area contributed by atoms with Crippen LogP contribution in [0.4, 0.5) is 4.39 Å². The van der Waals surface area contributed by atoms with Crippen molar-refractivity contribution in [2.45, 2.75) is 13.0 Å². The van der Waals surface area contributed by atoms with Gasteiger partial charge in [-0.05, 0) is 25.1 Å². The Balaban J connectivity index is 2.46. The fourth-order valence-corrected chi connectivity index (χ4v) is 2.80. The molecule has 1 aromatic heterocycles. The van der Waals surface area contributed by atoms with Gasteiger partial charge in [-0.15, -0.1) is 11.3 Å². The number of nitrogens with two attached hydrogens (primary N) is 1. The summed E-state index contributed by atoms with van der Waals surface area (Å²) in [4.78, 5) is 4.38. The van der Waals surface area contributed by atoms with Crippen LogP contribution in [0.5, 0.6) is 0 Å². The highest BCUT2D eigenvalue weighted by molar-refractivity contribution is 9.10. The molecule has 0 spiro atoms. The summed E-state index contributed by atoms with van der Waals surface area (Å²) in [5, 5.41) is 2.68. The van der Waals surface area contributed by atoms with E-state index in [1.807, 2.05) is 12.3 Å². The molecule has 2 N–H and O–H groups in total. The Morgan fingerprint density at radius 1 is 1.50 bits per heavy atom. The summed E-state index contributed by atoms with van der Waals surface area (Å²) in [6, 6.07) is 4.46. The van der Waals surface area contributed by atoms with Gasteiger partial charge in [-0.2, -0.15) is 0 Å². The zero-order chi connectivity index (χ0) is 11.7. The van der Waals surface area contributed by atoms with Crippen molar-refractivity contribution < 1.29 is 4.39 Å². The molecule has 16 heavy (non-hydrogen) atoms. The molecule has 5 heteroatoms. The summed E-state index contributed by atoms with van der Waals surface area (Å²) in [7, 11) is 0. The number of aromatic nitrogens is 1. The van der Waals surface area contributed by atoms with Crippen LogP contribution in [0.1, 0.15) is 18.7 Å². The van der Waals surface area contributed by atoms with Crippen LogP contribution in [0.2, 0.25) is 0 Å². The Labute approximate surface area is 105 Å². The van der Waals surface area contributed by atoms with Gasteiger partial charge in [0.15, 0.2) is 0 Å². The van der Waals surface area contributed by atoms with Crippen LogP contribution in [-0.4, -0.2) is 4.98 Å². The second kappa shape index (κ2) is 4.61. The normalized spacial score (nSPS) is 12.8. The third-order valence-electron chi connectivity index (χ3n) is 2.15. The Morgan fingerprint density at radius 3 is 2.88 bits per heavy atom. The maximum atomic E-state index is 13.1. The van der Waals surface area contributed by atoms with E-state index in [9.17, 15) is 4.39 Å². The zero-order valence-corrected chi connectivity index (χ0v) is 11.0. The van der Waals surface area contributed by atoms with Crippen molar-refractivity contribution in [3.63, 3.8) is 0 Å². The van der Waals surface area contributed by atoms with E-state index < -0.39 is 0 Å². The second-order valence-electron chi connectivity index (χ2n) is 3.49. The maximum absolute atomic E-state index is 13.1. The molecule has 1 unspecified atom stereocenters. The van der Waals surface area contributed by atoms with Crippen LogP contribution in [0.3, 0.4) is 0 Å². The highest BCUT2D eigenvalue weighted by Gasteiger charge is 2.11. The molecule has 0 saturated carbocycles. The van der Waals surface area contributed by atoms with Crippen molar-refractivity contribution >= 4 is 27.3 Å². The van der Waals surface area contributed by atoms with Crippen LogP contribution >= 0.6 is 27.3 Å². The zero-order valence-electron chi connectivity index (χ0n) is 8.58. The van der Waals surface area contributed by atoms with Gasteiger partial charge in [-0.1, -0.05) is 15.9 Å². The molecule has 1 atom stereocenters. The van der Waals surface area contributed by atoms with Crippen LogP contribution in [0.15, 0.2) is 28.1 Å². The fraction of sp³-hybridized carbons (Fsp3) is 0.182. The van der Waals surface area contributed by atoms with E-state index in [4.69, 9.17) is 5.73 Å². The fourth-order valence-electron chi connectivity index (χ4n) is 1.28. The minimum atomic E-state index is -0.268. The lowest BCUT2D eigenvalue weighted by molar-refractivity contribution is 0.628. The minimum Gasteiger partial charge on any atom is -0.323 e. The van der Waals surface area contributed by atoms with E-state index in [0.29, 0.717) is 0 Å². The van der Waals surface area contributed by atoms with Gasteiger partial charge in [0.1, 0.15) is 10.8 Å². The molecule has 1 aromatic carbocycles. The number of hydrogen-bond donors (Lipinski definition) is 1. The third-order valence-corrected chi connectivity index (χ3v) is 3.73. The molecule has 2 rings (SSSR count). The van der Waals surface area contributed by atoms with Crippen molar-refractivity contribution in [2.24, 2.45) is 5.73 Å². The number of benzene rings is 1. The lowest BCUT2D eigenvalue weighted by atomic mass is 10.2. The standard InChI is InChI=1S/C11H10BrFN2S/c1-6(14)10-5-16-11(15-10)8-4-7(13)2-3-9(8)12/h2-6H,14H2,1H3. The minimum absolute atomic E-state index is 0.0997. The van der Waals surface area contributed by atoms with Crippen molar-refractivity contribution in [3.8, 4) is 10.6 Å².